The fraction of sp³-hybridized carbons (Fsp3) is 0.860. The lowest BCUT2D eigenvalue weighted by Crippen LogP contribution is -2.59. The standard InChI is InChI=1S/C57H99N7O27/c1-2-3-4-5-6-7-8-9-10-11-12-16-38(68)62-33(17-20-43(73)91-64-41(71)18-19-42(64)72)53(83)60-21-14-13-15-34(54(84)61-24-27-87-57-52(82)49(79)46(76)37(32-67)90-57)63(28-39(69)58-22-25-85-55-50(80)47(77)44(74)35(30-65)88-55)29-40(70)59-23-26-86-56-51(81)48(78)45(75)36(31-66)89-56/h33-37,44-52,55-57,65-67,74-82H,2-32H2,1H3,(H,58,69)(H,59,70)(H,60,83)(H,61,84)(H,62,68)/t33-,34-,35+,36+,37+,44+,45+,46+,47-,48-,49-,50-,51-,52-,55-,56-,57-/m0/s1. The van der Waals surface area contributed by atoms with Crippen molar-refractivity contribution in [2.75, 3.05) is 78.9 Å². The summed E-state index contributed by atoms with van der Waals surface area (Å²) >= 11 is 0. The second-order valence-corrected chi connectivity index (χ2v) is 22.9. The number of rotatable bonds is 44. The predicted molar refractivity (Wildman–Crippen MR) is 310 cm³/mol. The molecule has 0 spiro atoms. The summed E-state index contributed by atoms with van der Waals surface area (Å²) in [5, 5.41) is 135. The molecule has 17 atom stereocenters. The van der Waals surface area contributed by atoms with Crippen molar-refractivity contribution in [3.05, 3.63) is 0 Å². The first kappa shape index (κ1) is 78.6. The summed E-state index contributed by atoms with van der Waals surface area (Å²) in [6.45, 7) is -3.59. The number of carbonyl (C=O) groups excluding carboxylic acids is 8. The van der Waals surface area contributed by atoms with Crippen LogP contribution < -0.4 is 26.6 Å². The monoisotopic (exact) mass is 1310 g/mol. The molecule has 7 amide bonds. The fourth-order valence-electron chi connectivity index (χ4n) is 10.4. The molecular weight excluding hydrogens is 1210 g/mol. The van der Waals surface area contributed by atoms with E-state index in [1.165, 1.54) is 37.0 Å². The first-order valence-electron chi connectivity index (χ1n) is 31.5. The van der Waals surface area contributed by atoms with Gasteiger partial charge >= 0.3 is 5.97 Å². The summed E-state index contributed by atoms with van der Waals surface area (Å²) in [5.41, 5.74) is 0. The molecule has 91 heavy (non-hydrogen) atoms. The maximum atomic E-state index is 14.3. The Morgan fingerprint density at radius 3 is 1.32 bits per heavy atom. The van der Waals surface area contributed by atoms with E-state index < -0.39 is 197 Å². The van der Waals surface area contributed by atoms with E-state index >= 15 is 0 Å². The average molecular weight is 1310 g/mol. The van der Waals surface area contributed by atoms with E-state index in [0.717, 1.165) is 32.1 Å². The highest BCUT2D eigenvalue weighted by Crippen LogP contribution is 2.25. The van der Waals surface area contributed by atoms with Gasteiger partial charge in [0.15, 0.2) is 18.9 Å². The molecule has 524 valence electrons. The van der Waals surface area contributed by atoms with Gasteiger partial charge in [0.05, 0.1) is 65.2 Å². The molecule has 4 saturated heterocycles. The van der Waals surface area contributed by atoms with E-state index in [1.54, 1.807) is 0 Å². The third-order valence-corrected chi connectivity index (χ3v) is 15.8. The Morgan fingerprint density at radius 2 is 0.890 bits per heavy atom. The first-order chi connectivity index (χ1) is 43.6. The van der Waals surface area contributed by atoms with E-state index in [4.69, 9.17) is 33.3 Å². The molecule has 0 aromatic rings. The molecule has 4 fully saturated rings. The van der Waals surface area contributed by atoms with Crippen LogP contribution in [0.3, 0.4) is 0 Å². The van der Waals surface area contributed by atoms with Gasteiger partial charge in [-0.3, -0.25) is 38.5 Å². The summed E-state index contributed by atoms with van der Waals surface area (Å²) in [4.78, 5) is 112. The van der Waals surface area contributed by atoms with Crippen molar-refractivity contribution in [1.29, 1.82) is 0 Å². The zero-order chi connectivity index (χ0) is 67.0. The van der Waals surface area contributed by atoms with Crippen LogP contribution in [0.2, 0.25) is 0 Å². The highest BCUT2D eigenvalue weighted by atomic mass is 16.7. The number of hydrogen-bond acceptors (Lipinski definition) is 28. The van der Waals surface area contributed by atoms with Crippen LogP contribution in [0.25, 0.3) is 0 Å². The molecule has 17 N–H and O–H groups in total. The van der Waals surface area contributed by atoms with Crippen molar-refractivity contribution in [3.8, 4) is 0 Å². The quantitative estimate of drug-likeness (QED) is 0.0199. The predicted octanol–water partition coefficient (Wildman–Crippen LogP) is -6.69. The van der Waals surface area contributed by atoms with E-state index in [2.05, 4.69) is 33.5 Å². The van der Waals surface area contributed by atoms with Crippen molar-refractivity contribution >= 4 is 47.3 Å². The normalized spacial score (nSPS) is 28.3. The molecule has 0 unspecified atom stereocenters. The number of ether oxygens (including phenoxy) is 6. The fourth-order valence-corrected chi connectivity index (χ4v) is 10.4. The van der Waals surface area contributed by atoms with E-state index in [9.17, 15) is 99.6 Å². The number of imide groups is 1. The van der Waals surface area contributed by atoms with Crippen LogP contribution in [0.5, 0.6) is 0 Å². The van der Waals surface area contributed by atoms with E-state index in [0.29, 0.717) is 11.5 Å². The van der Waals surface area contributed by atoms with Crippen molar-refractivity contribution in [2.24, 2.45) is 0 Å². The lowest BCUT2D eigenvalue weighted by molar-refractivity contribution is -0.300. The number of aliphatic hydroxyl groups excluding tert-OH is 12. The molecular formula is C57H99N7O27. The molecule has 0 aliphatic carbocycles. The Balaban J connectivity index is 1.47. The zero-order valence-corrected chi connectivity index (χ0v) is 51.6. The molecule has 4 rings (SSSR count). The van der Waals surface area contributed by atoms with Gasteiger partial charge in [0, 0.05) is 45.4 Å². The second kappa shape index (κ2) is 42.5. The van der Waals surface area contributed by atoms with Gasteiger partial charge in [-0.2, -0.15) is 0 Å². The Kier molecular flexibility index (Phi) is 36.7. The molecule has 34 nitrogen and oxygen atoms in total. The smallest absolute Gasteiger partial charge is 0.333 e. The second-order valence-electron chi connectivity index (χ2n) is 22.9. The Labute approximate surface area is 527 Å². The summed E-state index contributed by atoms with van der Waals surface area (Å²) in [6, 6.07) is -2.66. The van der Waals surface area contributed by atoms with Crippen LogP contribution in [0.4, 0.5) is 0 Å². The highest BCUT2D eigenvalue weighted by molar-refractivity contribution is 6.01. The third-order valence-electron chi connectivity index (χ3n) is 15.8. The molecule has 4 aliphatic heterocycles. The number of amides is 7. The Hall–Kier alpha value is -4.80. The van der Waals surface area contributed by atoms with E-state index in [1.807, 2.05) is 0 Å². The Bertz CT molecular complexity index is 2130. The van der Waals surface area contributed by atoms with Crippen LogP contribution >= 0.6 is 0 Å². The van der Waals surface area contributed by atoms with Crippen molar-refractivity contribution < 1.29 is 133 Å². The van der Waals surface area contributed by atoms with E-state index in [-0.39, 0.29) is 84.3 Å². The molecule has 34 heteroatoms. The lowest BCUT2D eigenvalue weighted by atomic mass is 9.99. The largest absolute Gasteiger partial charge is 0.394 e. The van der Waals surface area contributed by atoms with Crippen LogP contribution in [0, 0.1) is 0 Å². The number of nitrogens with zero attached hydrogens (tertiary/aromatic N) is 2. The van der Waals surface area contributed by atoms with Gasteiger partial charge < -0.3 is 121 Å². The van der Waals surface area contributed by atoms with Crippen molar-refractivity contribution in [1.82, 2.24) is 36.5 Å². The van der Waals surface area contributed by atoms with Crippen molar-refractivity contribution in [3.63, 3.8) is 0 Å². The van der Waals surface area contributed by atoms with Gasteiger partial charge in [-0.1, -0.05) is 71.1 Å². The van der Waals surface area contributed by atoms with Gasteiger partial charge in [-0.05, 0) is 32.1 Å². The third kappa shape index (κ3) is 26.5. The maximum absolute atomic E-state index is 14.3. The van der Waals surface area contributed by atoms with Crippen LogP contribution in [-0.4, -0.2) is 302 Å². The zero-order valence-electron chi connectivity index (χ0n) is 51.6. The molecule has 4 aliphatic rings. The minimum absolute atomic E-state index is 0.0828. The van der Waals surface area contributed by atoms with Gasteiger partial charge in [0.1, 0.15) is 79.3 Å². The van der Waals surface area contributed by atoms with Crippen molar-refractivity contribution in [2.45, 2.75) is 233 Å². The molecule has 0 aromatic carbocycles. The minimum Gasteiger partial charge on any atom is -0.394 e. The minimum atomic E-state index is -1.78. The highest BCUT2D eigenvalue weighted by Gasteiger charge is 2.47. The topological polar surface area (TPSA) is 511 Å². The van der Waals surface area contributed by atoms with Crippen LogP contribution in [0.15, 0.2) is 0 Å². The summed E-state index contributed by atoms with van der Waals surface area (Å²) in [5.74, 6) is -5.98. The first-order valence-corrected chi connectivity index (χ1v) is 31.5. The van der Waals surface area contributed by atoms with Crippen LogP contribution in [-0.2, 0) is 71.6 Å². The summed E-state index contributed by atoms with van der Waals surface area (Å²) in [6.07, 6.45) is -13.5. The maximum Gasteiger partial charge on any atom is 0.333 e. The average Bonchev–Trinajstić information content (AvgIpc) is 1.96. The number of aliphatic hydroxyl groups is 12. The summed E-state index contributed by atoms with van der Waals surface area (Å²) < 4.78 is 32.6. The van der Waals surface area contributed by atoms with Gasteiger partial charge in [-0.15, -0.1) is 5.06 Å². The molecule has 4 heterocycles. The number of nitrogens with one attached hydrogen (secondary N) is 5. The molecule has 0 radical (unpaired) electrons. The number of unbranched alkanes of at least 4 members (excludes halogenated alkanes) is 11. The lowest BCUT2D eigenvalue weighted by Gasteiger charge is -2.39. The van der Waals surface area contributed by atoms with Gasteiger partial charge in [-0.25, -0.2) is 4.79 Å². The molecule has 0 aromatic heterocycles. The number of hydrogen-bond donors (Lipinski definition) is 17. The number of carbonyl (C=O) groups is 8. The SMILES string of the molecule is CCCCCCCCCCCCCC(=O)N[C@@H](CCC(=O)ON1C(=O)CCC1=O)C(=O)NCCCC[C@@H](C(=O)NCCO[C@H]1O[C@H](CO)[C@@H](O)[C@H](O)[C@@H]1O)N(CC(=O)NCCO[C@H]1O[C@H](CO)[C@@H](O)[C@H](O)[C@@H]1O)CC(=O)NCCO[C@H]1O[C@H](CO)[C@@H](O)[C@H](O)[C@@H]1O. The van der Waals surface area contributed by atoms with Crippen LogP contribution in [0.1, 0.15) is 129 Å². The van der Waals surface area contributed by atoms with Gasteiger partial charge in [0.2, 0.25) is 29.5 Å². The molecule has 0 bridgehead atoms. The summed E-state index contributed by atoms with van der Waals surface area (Å²) in [7, 11) is 0. The Morgan fingerprint density at radius 1 is 0.484 bits per heavy atom. The molecule has 0 saturated carbocycles. The van der Waals surface area contributed by atoms with Gasteiger partial charge in [0.25, 0.3) is 11.8 Å². The number of hydroxylamine groups is 2.